The van der Waals surface area contributed by atoms with E-state index in [-0.39, 0.29) is 23.2 Å². The van der Waals surface area contributed by atoms with Crippen molar-refractivity contribution in [3.63, 3.8) is 0 Å². The molecule has 2 aromatic rings. The van der Waals surface area contributed by atoms with Crippen LogP contribution in [0.15, 0.2) is 52.9 Å². The Hall–Kier alpha value is -2.43. The first-order valence-electron chi connectivity index (χ1n) is 15.3. The van der Waals surface area contributed by atoms with E-state index in [1.807, 2.05) is 18.2 Å². The number of benzene rings is 2. The van der Waals surface area contributed by atoms with Crippen LogP contribution in [0.5, 0.6) is 5.75 Å². The highest BCUT2D eigenvalue weighted by Gasteiger charge is 2.44. The maximum absolute atomic E-state index is 13.4. The predicted octanol–water partition coefficient (Wildman–Crippen LogP) is 5.56. The lowest BCUT2D eigenvalue weighted by atomic mass is 9.68. The average Bonchev–Trinajstić information content (AvgIpc) is 3.10. The number of allylic oxidation sites excluding steroid dienone is 1. The van der Waals surface area contributed by atoms with E-state index >= 15 is 0 Å². The van der Waals surface area contributed by atoms with Crippen LogP contribution in [0.4, 0.5) is 5.69 Å². The highest BCUT2D eigenvalue weighted by atomic mass is 35.5. The molecule has 2 N–H and O–H groups in total. The van der Waals surface area contributed by atoms with E-state index in [0.29, 0.717) is 37.0 Å². The smallest absolute Gasteiger partial charge is 0.286 e. The molecule has 2 aromatic carbocycles. The van der Waals surface area contributed by atoms with E-state index in [9.17, 15) is 9.00 Å². The number of amides is 1. The van der Waals surface area contributed by atoms with Crippen LogP contribution >= 0.6 is 11.6 Å². The Balaban J connectivity index is 1.43. The zero-order valence-corrected chi connectivity index (χ0v) is 26.6. The van der Waals surface area contributed by atoms with Crippen molar-refractivity contribution < 1.29 is 23.2 Å². The number of hydrogen-bond donors (Lipinski definition) is 1. The van der Waals surface area contributed by atoms with Crippen molar-refractivity contribution in [1.82, 2.24) is 0 Å². The number of anilines is 1. The minimum Gasteiger partial charge on any atom is -0.490 e. The second kappa shape index (κ2) is 12.5. The standard InChI is InChI=1S/C33H42ClN3O5S/c1-40-18-22-5-3-7-30(41-2)27-11-8-25(27)17-37-20-33(14-4-6-23-15-26(34)10-12-28(23)33)21-42-31-13-9-24(16-29(31)37)32(38)36-43(35,39)19-22/h3,7,9-10,12-13,15-16,22,25,27,30H,4-6,8,11,14,17-21H2,1-2H3,(H2,35,36,38,39)/b7-3+/t22-,25+,27-,30+,33+,43-/m1/s1. The van der Waals surface area contributed by atoms with Crippen molar-refractivity contribution in [3.05, 3.63) is 70.3 Å². The second-order valence-electron chi connectivity index (χ2n) is 12.7. The largest absolute Gasteiger partial charge is 0.490 e. The van der Waals surface area contributed by atoms with Crippen LogP contribution in [-0.2, 0) is 31.2 Å². The molecule has 2 heterocycles. The number of nitrogens with zero attached hydrogens (tertiary/aromatic N) is 2. The summed E-state index contributed by atoms with van der Waals surface area (Å²) in [5.74, 6) is 0.871. The minimum absolute atomic E-state index is 0.0242. The molecule has 6 rings (SSSR count). The van der Waals surface area contributed by atoms with Gasteiger partial charge in [-0.25, -0.2) is 9.35 Å². The number of aryl methyl sites for hydroxylation is 1. The maximum Gasteiger partial charge on any atom is 0.286 e. The van der Waals surface area contributed by atoms with Crippen LogP contribution in [0.1, 0.15) is 53.6 Å². The number of nitrogens with two attached hydrogens (primary N) is 1. The Bertz CT molecular complexity index is 1520. The molecule has 2 bridgehead atoms. The summed E-state index contributed by atoms with van der Waals surface area (Å²) >= 11 is 6.41. The van der Waals surface area contributed by atoms with E-state index in [2.05, 4.69) is 33.5 Å². The zero-order chi connectivity index (χ0) is 30.2. The molecule has 1 fully saturated rings. The number of fused-ring (bicyclic) bond motifs is 4. The van der Waals surface area contributed by atoms with Gasteiger partial charge in [0.2, 0.25) is 0 Å². The summed E-state index contributed by atoms with van der Waals surface area (Å²) in [5.41, 5.74) is 3.59. The topological polar surface area (TPSA) is 103 Å². The summed E-state index contributed by atoms with van der Waals surface area (Å²) in [6.07, 6.45) is 10.1. The van der Waals surface area contributed by atoms with E-state index in [0.717, 1.165) is 61.7 Å². The van der Waals surface area contributed by atoms with E-state index in [4.69, 9.17) is 31.0 Å². The fraction of sp³-hybridized carbons (Fsp3) is 0.545. The second-order valence-corrected chi connectivity index (χ2v) is 15.1. The fourth-order valence-electron chi connectivity index (χ4n) is 7.57. The lowest BCUT2D eigenvalue weighted by molar-refractivity contribution is 0.0131. The SMILES string of the molecule is COC[C@H]1C/C=C/[C@H](OC)[C@@H]2CC[C@H]2CN2C[C@@]3(CCCc4cc(Cl)ccc43)COc3ccc(cc32)C(=O)N=[S@@](N)(=O)C1. The molecule has 0 saturated heterocycles. The van der Waals surface area contributed by atoms with Crippen molar-refractivity contribution in [2.75, 3.05) is 51.2 Å². The van der Waals surface area contributed by atoms with Gasteiger partial charge in [0.05, 0.1) is 30.8 Å². The van der Waals surface area contributed by atoms with Gasteiger partial charge in [-0.15, -0.1) is 4.36 Å². The summed E-state index contributed by atoms with van der Waals surface area (Å²) < 4.78 is 35.4. The van der Waals surface area contributed by atoms with Gasteiger partial charge < -0.3 is 19.1 Å². The molecule has 0 unspecified atom stereocenters. The molecule has 4 aliphatic rings. The third-order valence-corrected chi connectivity index (χ3v) is 11.5. The number of ether oxygens (including phenoxy) is 3. The van der Waals surface area contributed by atoms with Crippen molar-refractivity contribution in [1.29, 1.82) is 0 Å². The number of methoxy groups -OCH3 is 2. The molecule has 8 nitrogen and oxygen atoms in total. The van der Waals surface area contributed by atoms with Crippen LogP contribution in [0.3, 0.4) is 0 Å². The van der Waals surface area contributed by atoms with Crippen LogP contribution in [0.2, 0.25) is 5.02 Å². The minimum atomic E-state index is -3.28. The van der Waals surface area contributed by atoms with E-state index in [1.54, 1.807) is 20.3 Å². The molecule has 232 valence electrons. The molecule has 2 aliphatic carbocycles. The van der Waals surface area contributed by atoms with Gasteiger partial charge in [-0.3, -0.25) is 4.79 Å². The van der Waals surface area contributed by atoms with Crippen LogP contribution in [0, 0.1) is 17.8 Å². The van der Waals surface area contributed by atoms with Crippen molar-refractivity contribution in [2.24, 2.45) is 27.3 Å². The molecular weight excluding hydrogens is 586 g/mol. The maximum atomic E-state index is 13.4. The molecule has 1 amide bonds. The zero-order valence-electron chi connectivity index (χ0n) is 25.0. The van der Waals surface area contributed by atoms with Gasteiger partial charge in [-0.05, 0) is 97.7 Å². The fourth-order valence-corrected chi connectivity index (χ4v) is 9.14. The number of hydrogen-bond acceptors (Lipinski definition) is 6. The quantitative estimate of drug-likeness (QED) is 0.447. The van der Waals surface area contributed by atoms with Gasteiger partial charge in [0, 0.05) is 43.3 Å². The molecule has 1 saturated carbocycles. The predicted molar refractivity (Wildman–Crippen MR) is 170 cm³/mol. The Morgan fingerprint density at radius 2 is 2.07 bits per heavy atom. The highest BCUT2D eigenvalue weighted by Crippen LogP contribution is 2.47. The molecule has 6 atom stereocenters. The molecule has 43 heavy (non-hydrogen) atoms. The Morgan fingerprint density at radius 1 is 1.21 bits per heavy atom. The highest BCUT2D eigenvalue weighted by molar-refractivity contribution is 7.91. The first-order valence-corrected chi connectivity index (χ1v) is 17.4. The van der Waals surface area contributed by atoms with Crippen LogP contribution in [-0.4, -0.2) is 62.5 Å². The molecule has 1 spiro atoms. The lowest BCUT2D eigenvalue weighted by Gasteiger charge is -2.46. The first kappa shape index (κ1) is 30.6. The van der Waals surface area contributed by atoms with Gasteiger partial charge in [0.1, 0.15) is 15.7 Å². The molecule has 2 aliphatic heterocycles. The van der Waals surface area contributed by atoms with Gasteiger partial charge in [0.15, 0.2) is 0 Å². The van der Waals surface area contributed by atoms with Crippen LogP contribution < -0.4 is 14.8 Å². The molecular formula is C33H42ClN3O5S. The summed E-state index contributed by atoms with van der Waals surface area (Å²) in [6.45, 7) is 2.48. The average molecular weight is 628 g/mol. The van der Waals surface area contributed by atoms with Gasteiger partial charge in [-0.1, -0.05) is 29.8 Å². The molecule has 0 radical (unpaired) electrons. The monoisotopic (exact) mass is 627 g/mol. The molecule has 0 aromatic heterocycles. The first-order chi connectivity index (χ1) is 20.7. The Morgan fingerprint density at radius 3 is 2.84 bits per heavy atom. The number of carbonyl (C=O) groups is 1. The van der Waals surface area contributed by atoms with Gasteiger partial charge >= 0.3 is 0 Å². The van der Waals surface area contributed by atoms with Crippen molar-refractivity contribution in [3.8, 4) is 5.75 Å². The summed E-state index contributed by atoms with van der Waals surface area (Å²) in [5, 5.41) is 6.92. The number of carbonyl (C=O) groups excluding carboxylic acids is 1. The third kappa shape index (κ3) is 6.38. The summed E-state index contributed by atoms with van der Waals surface area (Å²) in [7, 11) is 0.0938. The van der Waals surface area contributed by atoms with E-state index in [1.165, 1.54) is 11.1 Å². The number of halogens is 1. The van der Waals surface area contributed by atoms with Crippen LogP contribution in [0.25, 0.3) is 0 Å². The summed E-state index contributed by atoms with van der Waals surface area (Å²) in [6, 6.07) is 11.7. The van der Waals surface area contributed by atoms with Gasteiger partial charge in [0.25, 0.3) is 5.91 Å². The van der Waals surface area contributed by atoms with Crippen molar-refractivity contribution in [2.45, 2.75) is 50.0 Å². The van der Waals surface area contributed by atoms with Gasteiger partial charge in [-0.2, -0.15) is 0 Å². The van der Waals surface area contributed by atoms with E-state index < -0.39 is 15.8 Å². The third-order valence-electron chi connectivity index (χ3n) is 9.82. The summed E-state index contributed by atoms with van der Waals surface area (Å²) in [4.78, 5) is 15.8. The molecule has 10 heteroatoms. The lowest BCUT2D eigenvalue weighted by Crippen LogP contribution is -2.49. The normalized spacial score (nSPS) is 33.3. The number of rotatable bonds is 3. The van der Waals surface area contributed by atoms with Crippen molar-refractivity contribution >= 4 is 33.1 Å². The Labute approximate surface area is 260 Å². The Kier molecular flexibility index (Phi) is 8.91.